The Bertz CT molecular complexity index is 566. The van der Waals surface area contributed by atoms with Crippen LogP contribution in [-0.4, -0.2) is 69.6 Å². The first-order valence-corrected chi connectivity index (χ1v) is 8.92. The molecule has 1 aliphatic carbocycles. The summed E-state index contributed by atoms with van der Waals surface area (Å²) in [6.45, 7) is 7.28. The minimum Gasteiger partial charge on any atom is -0.394 e. The van der Waals surface area contributed by atoms with E-state index in [1.54, 1.807) is 13.0 Å². The van der Waals surface area contributed by atoms with E-state index in [2.05, 4.69) is 0 Å². The fourth-order valence-electron chi connectivity index (χ4n) is 3.69. The van der Waals surface area contributed by atoms with Crippen molar-refractivity contribution in [2.75, 3.05) is 6.61 Å². The normalized spacial score (nSPS) is 39.1. The highest BCUT2D eigenvalue weighted by Crippen LogP contribution is 2.40. The molecule has 1 fully saturated rings. The maximum absolute atomic E-state index is 11.8. The lowest BCUT2D eigenvalue weighted by molar-refractivity contribution is -0.306. The van der Waals surface area contributed by atoms with Gasteiger partial charge in [-0.05, 0) is 25.3 Å². The Hall–Kier alpha value is -1.09. The minimum atomic E-state index is -1.46. The summed E-state index contributed by atoms with van der Waals surface area (Å²) in [6.07, 6.45) is -0.958. The molecule has 7 nitrogen and oxygen atoms in total. The quantitative estimate of drug-likeness (QED) is 0.515. The van der Waals surface area contributed by atoms with E-state index in [9.17, 15) is 25.2 Å². The molecule has 0 aromatic heterocycles. The second kappa shape index (κ2) is 8.29. The lowest BCUT2D eigenvalue weighted by atomic mass is 9.68. The molecule has 7 atom stereocenters. The predicted octanol–water partition coefficient (Wildman–Crippen LogP) is 0.309. The minimum absolute atomic E-state index is 0.0843. The van der Waals surface area contributed by atoms with Gasteiger partial charge in [0.05, 0.1) is 12.7 Å². The number of aliphatic hydroxyl groups excluding tert-OH is 4. The Labute approximate surface area is 153 Å². The second-order valence-electron chi connectivity index (χ2n) is 7.92. The largest absolute Gasteiger partial charge is 0.394 e. The first-order valence-electron chi connectivity index (χ1n) is 8.92. The van der Waals surface area contributed by atoms with E-state index < -0.39 is 43.4 Å². The molecule has 7 heteroatoms. The van der Waals surface area contributed by atoms with Crippen LogP contribution >= 0.6 is 0 Å². The maximum atomic E-state index is 11.8. The zero-order chi connectivity index (χ0) is 19.6. The van der Waals surface area contributed by atoms with E-state index >= 15 is 0 Å². The van der Waals surface area contributed by atoms with Crippen molar-refractivity contribution in [2.24, 2.45) is 11.3 Å². The molecule has 1 heterocycles. The van der Waals surface area contributed by atoms with Crippen molar-refractivity contribution >= 4 is 5.78 Å². The summed E-state index contributed by atoms with van der Waals surface area (Å²) in [4.78, 5) is 11.8. The van der Waals surface area contributed by atoms with Crippen molar-refractivity contribution in [1.82, 2.24) is 0 Å². The van der Waals surface area contributed by atoms with Gasteiger partial charge < -0.3 is 29.9 Å². The SMILES string of the molecule is CC1=CC(=O)CC(C)(C)[C@@H]1C=C[C@H](C)O[C@@H]1O[C@H](CO)[C@@H](O)[C@H](O)[C@H]1O. The van der Waals surface area contributed by atoms with Crippen LogP contribution in [0.5, 0.6) is 0 Å². The molecule has 0 saturated carbocycles. The summed E-state index contributed by atoms with van der Waals surface area (Å²) in [7, 11) is 0. The molecule has 148 valence electrons. The van der Waals surface area contributed by atoms with E-state index in [0.717, 1.165) is 5.57 Å². The number of hydrogen-bond acceptors (Lipinski definition) is 7. The molecule has 1 aliphatic heterocycles. The Morgan fingerprint density at radius 1 is 1.31 bits per heavy atom. The number of carbonyl (C=O) groups is 1. The first-order chi connectivity index (χ1) is 12.1. The van der Waals surface area contributed by atoms with Gasteiger partial charge in [0.15, 0.2) is 12.1 Å². The standard InChI is InChI=1S/C19H30O7/c1-10-7-12(21)8-19(3,4)13(10)6-5-11(2)25-18-17(24)16(23)15(22)14(9-20)26-18/h5-7,11,13-18,20,22-24H,8-9H2,1-4H3/t11-,13+,14+,15+,16-,17+,18+/m0/s1. The molecular weight excluding hydrogens is 340 g/mol. The van der Waals surface area contributed by atoms with E-state index in [1.807, 2.05) is 32.9 Å². The van der Waals surface area contributed by atoms with Crippen LogP contribution in [0.4, 0.5) is 0 Å². The number of ketones is 1. The number of rotatable bonds is 5. The van der Waals surface area contributed by atoms with E-state index in [0.29, 0.717) is 6.42 Å². The molecule has 2 rings (SSSR count). The summed E-state index contributed by atoms with van der Waals surface area (Å²) in [5, 5.41) is 38.9. The molecule has 26 heavy (non-hydrogen) atoms. The molecular formula is C19H30O7. The summed E-state index contributed by atoms with van der Waals surface area (Å²) >= 11 is 0. The third kappa shape index (κ3) is 4.60. The van der Waals surface area contributed by atoms with Gasteiger partial charge >= 0.3 is 0 Å². The lowest BCUT2D eigenvalue weighted by Gasteiger charge is -2.40. The Morgan fingerprint density at radius 2 is 1.96 bits per heavy atom. The molecule has 0 radical (unpaired) electrons. The van der Waals surface area contributed by atoms with Crippen molar-refractivity contribution < 1.29 is 34.7 Å². The second-order valence-corrected chi connectivity index (χ2v) is 7.92. The van der Waals surface area contributed by atoms with E-state index in [-0.39, 0.29) is 17.1 Å². The van der Waals surface area contributed by atoms with Gasteiger partial charge in [-0.25, -0.2) is 0 Å². The van der Waals surface area contributed by atoms with Gasteiger partial charge in [0.2, 0.25) is 0 Å². The van der Waals surface area contributed by atoms with Crippen molar-refractivity contribution in [3.8, 4) is 0 Å². The van der Waals surface area contributed by atoms with Crippen LogP contribution < -0.4 is 0 Å². The van der Waals surface area contributed by atoms with Crippen LogP contribution in [0, 0.1) is 11.3 Å². The zero-order valence-corrected chi connectivity index (χ0v) is 15.7. The van der Waals surface area contributed by atoms with Crippen molar-refractivity contribution in [3.63, 3.8) is 0 Å². The summed E-state index contributed by atoms with van der Waals surface area (Å²) < 4.78 is 11.0. The number of carbonyl (C=O) groups excluding carboxylic acids is 1. The van der Waals surface area contributed by atoms with Gasteiger partial charge in [0.1, 0.15) is 24.4 Å². The average Bonchev–Trinajstić information content (AvgIpc) is 2.53. The summed E-state index contributed by atoms with van der Waals surface area (Å²) in [5.74, 6) is 0.212. The Balaban J connectivity index is 2.03. The Morgan fingerprint density at radius 3 is 2.54 bits per heavy atom. The van der Waals surface area contributed by atoms with Crippen LogP contribution in [0.2, 0.25) is 0 Å². The molecule has 4 N–H and O–H groups in total. The Kier molecular flexibility index (Phi) is 6.76. The molecule has 0 amide bonds. The number of allylic oxidation sites excluding steroid dienone is 3. The van der Waals surface area contributed by atoms with Crippen LogP contribution in [0.3, 0.4) is 0 Å². The van der Waals surface area contributed by atoms with Crippen molar-refractivity contribution in [3.05, 3.63) is 23.8 Å². The van der Waals surface area contributed by atoms with Crippen molar-refractivity contribution in [2.45, 2.75) is 70.9 Å². The fraction of sp³-hybridized carbons (Fsp3) is 0.737. The number of ether oxygens (including phenoxy) is 2. The number of aliphatic hydroxyl groups is 4. The third-order valence-corrected chi connectivity index (χ3v) is 5.12. The topological polar surface area (TPSA) is 116 Å². The van der Waals surface area contributed by atoms with E-state index in [1.165, 1.54) is 0 Å². The molecule has 0 aromatic rings. The van der Waals surface area contributed by atoms with Crippen LogP contribution in [0.15, 0.2) is 23.8 Å². The van der Waals surface area contributed by atoms with Crippen molar-refractivity contribution in [1.29, 1.82) is 0 Å². The molecule has 0 aromatic carbocycles. The van der Waals surface area contributed by atoms with Gasteiger partial charge in [-0.1, -0.05) is 31.6 Å². The molecule has 1 saturated heterocycles. The molecule has 0 unspecified atom stereocenters. The van der Waals surface area contributed by atoms with E-state index in [4.69, 9.17) is 9.47 Å². The van der Waals surface area contributed by atoms with Gasteiger partial charge in [0.25, 0.3) is 0 Å². The monoisotopic (exact) mass is 370 g/mol. The highest BCUT2D eigenvalue weighted by Gasteiger charge is 2.44. The third-order valence-electron chi connectivity index (χ3n) is 5.12. The summed E-state index contributed by atoms with van der Waals surface area (Å²) in [5.41, 5.74) is 0.789. The van der Waals surface area contributed by atoms with Gasteiger partial charge in [-0.15, -0.1) is 0 Å². The lowest BCUT2D eigenvalue weighted by Crippen LogP contribution is -2.59. The van der Waals surface area contributed by atoms with Gasteiger partial charge in [0, 0.05) is 12.3 Å². The smallest absolute Gasteiger partial charge is 0.187 e. The predicted molar refractivity (Wildman–Crippen MR) is 94.1 cm³/mol. The zero-order valence-electron chi connectivity index (χ0n) is 15.7. The highest BCUT2D eigenvalue weighted by molar-refractivity contribution is 5.92. The highest BCUT2D eigenvalue weighted by atomic mass is 16.7. The van der Waals surface area contributed by atoms with Gasteiger partial charge in [-0.2, -0.15) is 0 Å². The fourth-order valence-corrected chi connectivity index (χ4v) is 3.69. The number of hydrogen-bond donors (Lipinski definition) is 4. The molecule has 0 spiro atoms. The van der Waals surface area contributed by atoms with Crippen LogP contribution in [0.1, 0.15) is 34.1 Å². The van der Waals surface area contributed by atoms with Crippen LogP contribution in [-0.2, 0) is 14.3 Å². The average molecular weight is 370 g/mol. The molecule has 2 aliphatic rings. The first kappa shape index (κ1) is 21.2. The summed E-state index contributed by atoms with van der Waals surface area (Å²) in [6, 6.07) is 0. The maximum Gasteiger partial charge on any atom is 0.187 e. The molecule has 0 bridgehead atoms. The van der Waals surface area contributed by atoms with Gasteiger partial charge in [-0.3, -0.25) is 4.79 Å². The van der Waals surface area contributed by atoms with Crippen LogP contribution in [0.25, 0.3) is 0 Å².